The van der Waals surface area contributed by atoms with Gasteiger partial charge in [0, 0.05) is 12.1 Å². The molecule has 2 rings (SSSR count). The maximum atomic E-state index is 12.2. The average Bonchev–Trinajstić information content (AvgIpc) is 2.66. The molecule has 0 unspecified atom stereocenters. The zero-order valence-electron chi connectivity index (χ0n) is 13.9. The van der Waals surface area contributed by atoms with Gasteiger partial charge in [0.1, 0.15) is 24.0 Å². The quantitative estimate of drug-likeness (QED) is 0.457. The summed E-state index contributed by atoms with van der Waals surface area (Å²) < 4.78 is 5.55. The molecule has 0 spiro atoms. The molecule has 0 bridgehead atoms. The van der Waals surface area contributed by atoms with Crippen molar-refractivity contribution in [2.24, 2.45) is 0 Å². The van der Waals surface area contributed by atoms with Crippen LogP contribution in [0.4, 0.5) is 0 Å². The molecule has 0 aliphatic rings. The molecule has 0 aromatic heterocycles. The number of nitrogens with one attached hydrogen (secondary N) is 1. The molecular formula is C21H20N2O2. The number of nitriles is 1. The van der Waals surface area contributed by atoms with Crippen LogP contribution in [0.1, 0.15) is 11.1 Å². The standard InChI is InChI=1S/C21H20N2O2/c1-2-14-25-20-11-7-6-10-18(20)15-19(16-22)21(24)23-13-12-17-8-4-3-5-9-17/h2-11,15H,1,12-14H2,(H,23,24)/b19-15+. The van der Waals surface area contributed by atoms with Gasteiger partial charge in [0.25, 0.3) is 5.91 Å². The molecule has 2 aromatic carbocycles. The van der Waals surface area contributed by atoms with E-state index in [1.807, 2.05) is 48.5 Å². The minimum atomic E-state index is -0.392. The van der Waals surface area contributed by atoms with Crippen LogP contribution < -0.4 is 10.1 Å². The number of benzene rings is 2. The molecule has 0 saturated heterocycles. The van der Waals surface area contributed by atoms with Gasteiger partial charge >= 0.3 is 0 Å². The molecule has 4 heteroatoms. The summed E-state index contributed by atoms with van der Waals surface area (Å²) in [6.07, 6.45) is 3.89. The third-order valence-corrected chi connectivity index (χ3v) is 3.48. The Morgan fingerprint density at radius 1 is 1.16 bits per heavy atom. The SMILES string of the molecule is C=CCOc1ccccc1/C=C(\C#N)C(=O)NCCc1ccccc1. The largest absolute Gasteiger partial charge is 0.489 e. The Morgan fingerprint density at radius 3 is 2.60 bits per heavy atom. The Hall–Kier alpha value is -3.32. The first-order chi connectivity index (χ1) is 12.2. The molecule has 1 N–H and O–H groups in total. The molecule has 4 nitrogen and oxygen atoms in total. The Kier molecular flexibility index (Phi) is 7.02. The number of nitrogens with zero attached hydrogens (tertiary/aromatic N) is 1. The molecule has 0 fully saturated rings. The van der Waals surface area contributed by atoms with Crippen LogP contribution in [0.25, 0.3) is 6.08 Å². The summed E-state index contributed by atoms with van der Waals surface area (Å²) in [5.41, 5.74) is 1.86. The van der Waals surface area contributed by atoms with Gasteiger partial charge in [0.05, 0.1) is 0 Å². The van der Waals surface area contributed by atoms with E-state index >= 15 is 0 Å². The third-order valence-electron chi connectivity index (χ3n) is 3.48. The van der Waals surface area contributed by atoms with Crippen LogP contribution in [0.15, 0.2) is 72.8 Å². The van der Waals surface area contributed by atoms with E-state index < -0.39 is 5.91 Å². The summed E-state index contributed by atoms with van der Waals surface area (Å²) in [7, 11) is 0. The number of carbonyl (C=O) groups excluding carboxylic acids is 1. The van der Waals surface area contributed by atoms with Gasteiger partial charge in [-0.15, -0.1) is 0 Å². The summed E-state index contributed by atoms with van der Waals surface area (Å²) in [6, 6.07) is 19.1. The van der Waals surface area contributed by atoms with Gasteiger partial charge in [-0.3, -0.25) is 4.79 Å². The fraction of sp³-hybridized carbons (Fsp3) is 0.143. The van der Waals surface area contributed by atoms with Crippen molar-refractivity contribution in [2.75, 3.05) is 13.2 Å². The Morgan fingerprint density at radius 2 is 1.88 bits per heavy atom. The Labute approximate surface area is 148 Å². The number of hydrogen-bond donors (Lipinski definition) is 1. The van der Waals surface area contributed by atoms with Crippen molar-refractivity contribution in [3.63, 3.8) is 0 Å². The molecule has 0 aliphatic heterocycles. The zero-order valence-corrected chi connectivity index (χ0v) is 13.9. The Balaban J connectivity index is 2.03. The van der Waals surface area contributed by atoms with E-state index in [-0.39, 0.29) is 5.57 Å². The van der Waals surface area contributed by atoms with Crippen LogP contribution in [-0.4, -0.2) is 19.1 Å². The maximum absolute atomic E-state index is 12.2. The molecule has 0 radical (unpaired) electrons. The summed E-state index contributed by atoms with van der Waals surface area (Å²) in [4.78, 5) is 12.2. The number of para-hydroxylation sites is 1. The van der Waals surface area contributed by atoms with Crippen molar-refractivity contribution in [2.45, 2.75) is 6.42 Å². The predicted molar refractivity (Wildman–Crippen MR) is 98.9 cm³/mol. The molecule has 0 saturated carbocycles. The number of rotatable bonds is 8. The molecule has 0 atom stereocenters. The fourth-order valence-corrected chi connectivity index (χ4v) is 2.24. The highest BCUT2D eigenvalue weighted by atomic mass is 16.5. The van der Waals surface area contributed by atoms with E-state index in [0.717, 1.165) is 5.56 Å². The number of carbonyl (C=O) groups is 1. The highest BCUT2D eigenvalue weighted by molar-refractivity contribution is 6.01. The summed E-state index contributed by atoms with van der Waals surface area (Å²) >= 11 is 0. The lowest BCUT2D eigenvalue weighted by atomic mass is 10.1. The number of ether oxygens (including phenoxy) is 1. The van der Waals surface area contributed by atoms with E-state index in [9.17, 15) is 10.1 Å². The summed E-state index contributed by atoms with van der Waals surface area (Å²) in [5, 5.41) is 12.1. The monoisotopic (exact) mass is 332 g/mol. The first-order valence-corrected chi connectivity index (χ1v) is 8.01. The van der Waals surface area contributed by atoms with Crippen molar-refractivity contribution in [3.05, 3.63) is 84.0 Å². The van der Waals surface area contributed by atoms with Gasteiger partial charge in [-0.2, -0.15) is 5.26 Å². The smallest absolute Gasteiger partial charge is 0.261 e. The zero-order chi connectivity index (χ0) is 17.9. The summed E-state index contributed by atoms with van der Waals surface area (Å²) in [5.74, 6) is 0.212. The van der Waals surface area contributed by atoms with Gasteiger partial charge in [0.2, 0.25) is 0 Å². The summed E-state index contributed by atoms with van der Waals surface area (Å²) in [6.45, 7) is 4.44. The van der Waals surface area contributed by atoms with Crippen LogP contribution >= 0.6 is 0 Å². The molecular weight excluding hydrogens is 312 g/mol. The minimum absolute atomic E-state index is 0.0442. The van der Waals surface area contributed by atoms with Crippen molar-refractivity contribution in [3.8, 4) is 11.8 Å². The van der Waals surface area contributed by atoms with E-state index in [2.05, 4.69) is 11.9 Å². The van der Waals surface area contributed by atoms with E-state index in [0.29, 0.717) is 30.9 Å². The third kappa shape index (κ3) is 5.67. The first kappa shape index (κ1) is 18.0. The lowest BCUT2D eigenvalue weighted by Crippen LogP contribution is -2.26. The van der Waals surface area contributed by atoms with Crippen molar-refractivity contribution in [1.29, 1.82) is 5.26 Å². The topological polar surface area (TPSA) is 62.1 Å². The highest BCUT2D eigenvalue weighted by Crippen LogP contribution is 2.21. The van der Waals surface area contributed by atoms with Gasteiger partial charge in [-0.05, 0) is 24.1 Å². The van der Waals surface area contributed by atoms with Crippen molar-refractivity contribution in [1.82, 2.24) is 5.32 Å². The molecule has 0 heterocycles. The molecule has 1 amide bonds. The average molecular weight is 332 g/mol. The maximum Gasteiger partial charge on any atom is 0.261 e. The predicted octanol–water partition coefficient (Wildman–Crippen LogP) is 3.52. The molecule has 2 aromatic rings. The number of amides is 1. The van der Waals surface area contributed by atoms with E-state index in [1.54, 1.807) is 18.2 Å². The van der Waals surface area contributed by atoms with Crippen LogP contribution in [0.2, 0.25) is 0 Å². The lowest BCUT2D eigenvalue weighted by Gasteiger charge is -2.08. The van der Waals surface area contributed by atoms with Crippen LogP contribution in [0.5, 0.6) is 5.75 Å². The van der Waals surface area contributed by atoms with Gasteiger partial charge in [-0.1, -0.05) is 61.2 Å². The van der Waals surface area contributed by atoms with Crippen molar-refractivity contribution >= 4 is 12.0 Å². The lowest BCUT2D eigenvalue weighted by molar-refractivity contribution is -0.117. The number of hydrogen-bond acceptors (Lipinski definition) is 3. The first-order valence-electron chi connectivity index (χ1n) is 8.01. The second kappa shape index (κ2) is 9.74. The second-order valence-corrected chi connectivity index (χ2v) is 5.30. The van der Waals surface area contributed by atoms with Gasteiger partial charge in [0.15, 0.2) is 0 Å². The van der Waals surface area contributed by atoms with Crippen LogP contribution in [-0.2, 0) is 11.2 Å². The highest BCUT2D eigenvalue weighted by Gasteiger charge is 2.10. The molecule has 126 valence electrons. The van der Waals surface area contributed by atoms with Crippen LogP contribution in [0.3, 0.4) is 0 Å². The van der Waals surface area contributed by atoms with Gasteiger partial charge < -0.3 is 10.1 Å². The second-order valence-electron chi connectivity index (χ2n) is 5.30. The fourth-order valence-electron chi connectivity index (χ4n) is 2.24. The van der Waals surface area contributed by atoms with E-state index in [1.165, 1.54) is 6.08 Å². The Bertz CT molecular complexity index is 789. The minimum Gasteiger partial charge on any atom is -0.489 e. The molecule has 25 heavy (non-hydrogen) atoms. The van der Waals surface area contributed by atoms with Crippen LogP contribution in [0, 0.1) is 11.3 Å². The normalized spacial score (nSPS) is 10.6. The molecule has 0 aliphatic carbocycles. The van der Waals surface area contributed by atoms with E-state index in [4.69, 9.17) is 4.74 Å². The van der Waals surface area contributed by atoms with Crippen molar-refractivity contribution < 1.29 is 9.53 Å². The van der Waals surface area contributed by atoms with Gasteiger partial charge in [-0.25, -0.2) is 0 Å².